The average Bonchev–Trinajstić information content (AvgIpc) is 3.33. The van der Waals surface area contributed by atoms with Gasteiger partial charge in [0.05, 0.1) is 13.4 Å². The lowest BCUT2D eigenvalue weighted by Crippen LogP contribution is -2.24. The minimum atomic E-state index is -1.38. The fourth-order valence-corrected chi connectivity index (χ4v) is 4.20. The summed E-state index contributed by atoms with van der Waals surface area (Å²) >= 11 is 1.03. The molecule has 9 nitrogen and oxygen atoms in total. The maximum absolute atomic E-state index is 15.1. The molecule has 1 aliphatic heterocycles. The summed E-state index contributed by atoms with van der Waals surface area (Å²) < 4.78 is 33.2. The van der Waals surface area contributed by atoms with E-state index in [4.69, 9.17) is 19.9 Å². The summed E-state index contributed by atoms with van der Waals surface area (Å²) in [5.74, 6) is 0.428. The summed E-state index contributed by atoms with van der Waals surface area (Å²) in [6.07, 6.45) is 0.685. The van der Waals surface area contributed by atoms with Crippen LogP contribution in [0.3, 0.4) is 0 Å². The molecule has 30 heavy (non-hydrogen) atoms. The number of alkyl halides is 1. The van der Waals surface area contributed by atoms with E-state index < -0.39 is 29.9 Å². The number of carbonyl (C=O) groups is 1. The van der Waals surface area contributed by atoms with Gasteiger partial charge in [-0.05, 0) is 24.3 Å². The molecule has 0 spiro atoms. The molecule has 1 saturated heterocycles. The van der Waals surface area contributed by atoms with E-state index in [0.29, 0.717) is 16.9 Å². The molecule has 1 fully saturated rings. The van der Waals surface area contributed by atoms with E-state index in [1.165, 1.54) is 19.6 Å². The van der Waals surface area contributed by atoms with Gasteiger partial charge in [0.15, 0.2) is 23.2 Å². The number of methoxy groups -OCH3 is 1. The van der Waals surface area contributed by atoms with Crippen molar-refractivity contribution in [2.75, 3.05) is 12.8 Å². The standard InChI is InChI=1S/C19H20FN5O4S/c1-10(26)28-14-7-13(16(20)30-12-5-3-11(27-2)4-6-12)29-19(14)25-9-24-15-17(21)22-8-23-18(15)25/h3-6,8-9,13-14,16,19H,7H2,1-2H3,(H2,21,22,23)/t13-,14+,16?,19+/m0/s1. The normalized spacial score (nSPS) is 22.2. The first-order chi connectivity index (χ1) is 14.5. The average molecular weight is 433 g/mol. The van der Waals surface area contributed by atoms with Gasteiger partial charge in [0.1, 0.15) is 29.8 Å². The summed E-state index contributed by atoms with van der Waals surface area (Å²) in [5.41, 5.74) is 5.28. The van der Waals surface area contributed by atoms with Gasteiger partial charge in [-0.15, -0.1) is 0 Å². The zero-order chi connectivity index (χ0) is 21.3. The van der Waals surface area contributed by atoms with Crippen molar-refractivity contribution in [1.82, 2.24) is 19.5 Å². The number of esters is 1. The maximum Gasteiger partial charge on any atom is 0.303 e. The van der Waals surface area contributed by atoms with Crippen LogP contribution in [-0.4, -0.2) is 50.3 Å². The zero-order valence-corrected chi connectivity index (χ0v) is 17.1. The SMILES string of the molecule is COc1ccc(SC(F)[C@@H]2C[C@@H](OC(C)=O)[C@H](n3cnc4c(N)ncnc43)O2)cc1. The Hall–Kier alpha value is -2.92. The van der Waals surface area contributed by atoms with Gasteiger partial charge >= 0.3 is 5.97 Å². The molecule has 11 heteroatoms. The highest BCUT2D eigenvalue weighted by Crippen LogP contribution is 2.40. The Morgan fingerprint density at radius 1 is 1.33 bits per heavy atom. The monoisotopic (exact) mass is 433 g/mol. The quantitative estimate of drug-likeness (QED) is 0.463. The lowest BCUT2D eigenvalue weighted by molar-refractivity contribution is -0.152. The molecular formula is C19H20FN5O4S. The van der Waals surface area contributed by atoms with E-state index in [1.807, 2.05) is 0 Å². The van der Waals surface area contributed by atoms with Crippen molar-refractivity contribution in [3.05, 3.63) is 36.9 Å². The summed E-state index contributed by atoms with van der Waals surface area (Å²) in [4.78, 5) is 24.6. The van der Waals surface area contributed by atoms with E-state index in [9.17, 15) is 4.79 Å². The number of rotatable bonds is 6. The molecule has 0 amide bonds. The Labute approximate surface area is 175 Å². The molecule has 1 unspecified atom stereocenters. The Kier molecular flexibility index (Phi) is 5.73. The van der Waals surface area contributed by atoms with Gasteiger partial charge in [0, 0.05) is 18.2 Å². The number of thioether (sulfide) groups is 1. The van der Waals surface area contributed by atoms with E-state index in [0.717, 1.165) is 16.7 Å². The third-order valence-corrected chi connectivity index (χ3v) is 5.75. The number of hydrogen-bond donors (Lipinski definition) is 1. The lowest BCUT2D eigenvalue weighted by atomic mass is 10.2. The van der Waals surface area contributed by atoms with Crippen molar-refractivity contribution in [3.8, 4) is 5.75 Å². The number of aromatic nitrogens is 4. The molecule has 0 saturated carbocycles. The number of imidazole rings is 1. The molecule has 2 N–H and O–H groups in total. The van der Waals surface area contributed by atoms with Crippen molar-refractivity contribution >= 4 is 34.7 Å². The number of hydrogen-bond acceptors (Lipinski definition) is 9. The van der Waals surface area contributed by atoms with Crippen LogP contribution in [0, 0.1) is 0 Å². The Bertz CT molecular complexity index is 1050. The first-order valence-electron chi connectivity index (χ1n) is 9.16. The second-order valence-electron chi connectivity index (χ2n) is 6.68. The second kappa shape index (κ2) is 8.44. The predicted octanol–water partition coefficient (Wildman–Crippen LogP) is 2.72. The van der Waals surface area contributed by atoms with Gasteiger partial charge < -0.3 is 19.9 Å². The molecule has 0 bridgehead atoms. The molecule has 1 aromatic carbocycles. The molecule has 2 aromatic heterocycles. The van der Waals surface area contributed by atoms with Crippen LogP contribution in [0.25, 0.3) is 11.2 Å². The van der Waals surface area contributed by atoms with Gasteiger partial charge in [-0.2, -0.15) is 0 Å². The number of benzene rings is 1. The topological polar surface area (TPSA) is 114 Å². The van der Waals surface area contributed by atoms with Crippen molar-refractivity contribution < 1.29 is 23.4 Å². The number of fused-ring (bicyclic) bond motifs is 1. The van der Waals surface area contributed by atoms with Crippen LogP contribution in [0.2, 0.25) is 0 Å². The van der Waals surface area contributed by atoms with Crippen LogP contribution in [-0.2, 0) is 14.3 Å². The molecular weight excluding hydrogens is 413 g/mol. The number of nitrogens with zero attached hydrogens (tertiary/aromatic N) is 4. The minimum absolute atomic E-state index is 0.189. The van der Waals surface area contributed by atoms with Crippen LogP contribution >= 0.6 is 11.8 Å². The van der Waals surface area contributed by atoms with Gasteiger partial charge in [-0.1, -0.05) is 11.8 Å². The molecule has 4 atom stereocenters. The summed E-state index contributed by atoms with van der Waals surface area (Å²) in [6, 6.07) is 7.07. The van der Waals surface area contributed by atoms with Crippen molar-refractivity contribution in [3.63, 3.8) is 0 Å². The smallest absolute Gasteiger partial charge is 0.303 e. The number of halogens is 1. The summed E-state index contributed by atoms with van der Waals surface area (Å²) in [7, 11) is 1.57. The number of ether oxygens (including phenoxy) is 3. The van der Waals surface area contributed by atoms with Crippen LogP contribution in [0.4, 0.5) is 10.2 Å². The maximum atomic E-state index is 15.1. The van der Waals surface area contributed by atoms with E-state index in [-0.39, 0.29) is 12.2 Å². The van der Waals surface area contributed by atoms with E-state index >= 15 is 4.39 Å². The molecule has 3 heterocycles. The highest BCUT2D eigenvalue weighted by atomic mass is 32.2. The highest BCUT2D eigenvalue weighted by molar-refractivity contribution is 7.99. The van der Waals surface area contributed by atoms with E-state index in [1.54, 1.807) is 35.9 Å². The van der Waals surface area contributed by atoms with E-state index in [2.05, 4.69) is 15.0 Å². The van der Waals surface area contributed by atoms with Crippen molar-refractivity contribution in [1.29, 1.82) is 0 Å². The molecule has 4 rings (SSSR count). The third kappa shape index (κ3) is 4.03. The number of carbonyl (C=O) groups excluding carboxylic acids is 1. The van der Waals surface area contributed by atoms with Crippen LogP contribution < -0.4 is 10.5 Å². The van der Waals surface area contributed by atoms with Crippen LogP contribution in [0.5, 0.6) is 5.75 Å². The molecule has 0 radical (unpaired) electrons. The highest BCUT2D eigenvalue weighted by Gasteiger charge is 2.43. The summed E-state index contributed by atoms with van der Waals surface area (Å²) in [5, 5.41) is 0. The lowest BCUT2D eigenvalue weighted by Gasteiger charge is -2.20. The van der Waals surface area contributed by atoms with Gasteiger partial charge in [-0.3, -0.25) is 9.36 Å². The fourth-order valence-electron chi connectivity index (χ4n) is 3.32. The molecule has 0 aliphatic carbocycles. The predicted molar refractivity (Wildman–Crippen MR) is 108 cm³/mol. The van der Waals surface area contributed by atoms with Crippen LogP contribution in [0.15, 0.2) is 41.8 Å². The zero-order valence-electron chi connectivity index (χ0n) is 16.3. The number of nitrogens with two attached hydrogens (primary N) is 1. The fraction of sp³-hybridized carbons (Fsp3) is 0.368. The Balaban J connectivity index is 1.56. The first-order valence-corrected chi connectivity index (χ1v) is 10.0. The molecule has 158 valence electrons. The second-order valence-corrected chi connectivity index (χ2v) is 7.83. The van der Waals surface area contributed by atoms with Crippen LogP contribution in [0.1, 0.15) is 19.6 Å². The molecule has 3 aromatic rings. The van der Waals surface area contributed by atoms with Crippen molar-refractivity contribution in [2.24, 2.45) is 0 Å². The van der Waals surface area contributed by atoms with Gasteiger partial charge in [0.25, 0.3) is 0 Å². The Morgan fingerprint density at radius 3 is 2.80 bits per heavy atom. The Morgan fingerprint density at radius 2 is 2.10 bits per heavy atom. The number of nitrogen functional groups attached to an aromatic ring is 1. The van der Waals surface area contributed by atoms with Gasteiger partial charge in [0.2, 0.25) is 0 Å². The molecule has 1 aliphatic rings. The largest absolute Gasteiger partial charge is 0.497 e. The first kappa shape index (κ1) is 20.4. The minimum Gasteiger partial charge on any atom is -0.497 e. The van der Waals surface area contributed by atoms with Crippen molar-refractivity contribution in [2.45, 2.75) is 42.2 Å². The third-order valence-electron chi connectivity index (χ3n) is 4.68. The number of anilines is 1. The summed E-state index contributed by atoms with van der Waals surface area (Å²) in [6.45, 7) is 1.30. The van der Waals surface area contributed by atoms with Gasteiger partial charge in [-0.25, -0.2) is 19.3 Å².